The first-order valence-corrected chi connectivity index (χ1v) is 7.92. The Morgan fingerprint density at radius 3 is 2.56 bits per heavy atom. The van der Waals surface area contributed by atoms with Crippen LogP contribution < -0.4 is 10.5 Å². The van der Waals surface area contributed by atoms with E-state index in [1.165, 1.54) is 4.90 Å². The Morgan fingerprint density at radius 1 is 1.12 bits per heavy atom. The summed E-state index contributed by atoms with van der Waals surface area (Å²) in [6.45, 7) is 1.88. The number of hydrogen-bond acceptors (Lipinski definition) is 5. The van der Waals surface area contributed by atoms with Crippen molar-refractivity contribution in [3.05, 3.63) is 59.4 Å². The molecule has 0 fully saturated rings. The number of ether oxygens (including phenoxy) is 1. The number of aryl methyl sites for hydroxylation is 1. The SMILES string of the molecule is Cc1nc(N)nc(COc2ccc3ccccc3c2)c1C(=O)N(C)C. The first kappa shape index (κ1) is 16.7. The first-order chi connectivity index (χ1) is 12.0. The van der Waals surface area contributed by atoms with Gasteiger partial charge in [0.2, 0.25) is 5.95 Å². The molecule has 3 rings (SSSR count). The minimum absolute atomic E-state index is 0.130. The van der Waals surface area contributed by atoms with Crippen LogP contribution in [0.15, 0.2) is 42.5 Å². The van der Waals surface area contributed by atoms with Crippen LogP contribution in [0, 0.1) is 6.92 Å². The second kappa shape index (κ2) is 6.76. The molecule has 0 saturated heterocycles. The Hall–Kier alpha value is -3.15. The summed E-state index contributed by atoms with van der Waals surface area (Å²) in [5.74, 6) is 0.663. The quantitative estimate of drug-likeness (QED) is 0.792. The Labute approximate surface area is 146 Å². The largest absolute Gasteiger partial charge is 0.487 e. The maximum Gasteiger partial charge on any atom is 0.257 e. The van der Waals surface area contributed by atoms with E-state index in [1.54, 1.807) is 21.0 Å². The van der Waals surface area contributed by atoms with Crippen molar-refractivity contribution in [3.63, 3.8) is 0 Å². The maximum absolute atomic E-state index is 12.4. The Balaban J connectivity index is 1.90. The van der Waals surface area contributed by atoms with Gasteiger partial charge in [0.1, 0.15) is 12.4 Å². The molecule has 2 N–H and O–H groups in total. The van der Waals surface area contributed by atoms with Crippen LogP contribution >= 0.6 is 0 Å². The number of rotatable bonds is 4. The summed E-state index contributed by atoms with van der Waals surface area (Å²) >= 11 is 0. The molecule has 0 aliphatic carbocycles. The van der Waals surface area contributed by atoms with Gasteiger partial charge in [0.05, 0.1) is 17.0 Å². The molecule has 2 aromatic carbocycles. The lowest BCUT2D eigenvalue weighted by Gasteiger charge is -2.16. The average Bonchev–Trinajstić information content (AvgIpc) is 2.58. The number of nitrogens with two attached hydrogens (primary N) is 1. The van der Waals surface area contributed by atoms with Crippen LogP contribution in [0.2, 0.25) is 0 Å². The van der Waals surface area contributed by atoms with Gasteiger partial charge in [-0.2, -0.15) is 0 Å². The molecular formula is C19H20N4O2. The monoisotopic (exact) mass is 336 g/mol. The van der Waals surface area contributed by atoms with Crippen molar-refractivity contribution in [1.29, 1.82) is 0 Å². The highest BCUT2D eigenvalue weighted by Gasteiger charge is 2.20. The van der Waals surface area contributed by atoms with E-state index < -0.39 is 0 Å². The molecule has 128 valence electrons. The van der Waals surface area contributed by atoms with E-state index in [0.29, 0.717) is 22.7 Å². The number of benzene rings is 2. The molecule has 0 unspecified atom stereocenters. The van der Waals surface area contributed by atoms with Gasteiger partial charge in [0, 0.05) is 14.1 Å². The molecule has 0 saturated carbocycles. The second-order valence-corrected chi connectivity index (χ2v) is 5.99. The smallest absolute Gasteiger partial charge is 0.257 e. The molecular weight excluding hydrogens is 316 g/mol. The van der Waals surface area contributed by atoms with Crippen LogP contribution in [-0.4, -0.2) is 34.9 Å². The number of nitrogens with zero attached hydrogens (tertiary/aromatic N) is 3. The van der Waals surface area contributed by atoms with Crippen molar-refractivity contribution in [2.24, 2.45) is 0 Å². The molecule has 25 heavy (non-hydrogen) atoms. The molecule has 3 aromatic rings. The number of hydrogen-bond donors (Lipinski definition) is 1. The third kappa shape index (κ3) is 3.52. The lowest BCUT2D eigenvalue weighted by Crippen LogP contribution is -2.26. The maximum atomic E-state index is 12.4. The van der Waals surface area contributed by atoms with Gasteiger partial charge < -0.3 is 15.4 Å². The summed E-state index contributed by atoms with van der Waals surface area (Å²) in [5, 5.41) is 2.23. The van der Waals surface area contributed by atoms with E-state index in [-0.39, 0.29) is 18.5 Å². The predicted octanol–water partition coefficient (Wildman–Crippen LogP) is 2.80. The number of carbonyl (C=O) groups excluding carboxylic acids is 1. The number of anilines is 1. The number of fused-ring (bicyclic) bond motifs is 1. The molecule has 6 nitrogen and oxygen atoms in total. The van der Waals surface area contributed by atoms with Crippen molar-refractivity contribution in [3.8, 4) is 5.75 Å². The molecule has 0 bridgehead atoms. The van der Waals surface area contributed by atoms with Crippen molar-refractivity contribution >= 4 is 22.6 Å². The highest BCUT2D eigenvalue weighted by Crippen LogP contribution is 2.22. The third-order valence-corrected chi connectivity index (χ3v) is 3.90. The van der Waals surface area contributed by atoms with E-state index in [1.807, 2.05) is 42.5 Å². The molecule has 0 spiro atoms. The van der Waals surface area contributed by atoms with Gasteiger partial charge in [-0.25, -0.2) is 9.97 Å². The Morgan fingerprint density at radius 2 is 1.84 bits per heavy atom. The lowest BCUT2D eigenvalue weighted by atomic mass is 10.1. The fourth-order valence-corrected chi connectivity index (χ4v) is 2.67. The zero-order valence-electron chi connectivity index (χ0n) is 14.5. The van der Waals surface area contributed by atoms with Crippen molar-refractivity contribution in [2.75, 3.05) is 19.8 Å². The zero-order valence-corrected chi connectivity index (χ0v) is 14.5. The fraction of sp³-hybridized carbons (Fsp3) is 0.211. The summed E-state index contributed by atoms with van der Waals surface area (Å²) < 4.78 is 5.86. The highest BCUT2D eigenvalue weighted by atomic mass is 16.5. The predicted molar refractivity (Wildman–Crippen MR) is 97.5 cm³/mol. The minimum Gasteiger partial charge on any atom is -0.487 e. The summed E-state index contributed by atoms with van der Waals surface area (Å²) in [6, 6.07) is 13.9. The van der Waals surface area contributed by atoms with E-state index in [9.17, 15) is 4.79 Å². The molecule has 0 aliphatic rings. The minimum atomic E-state index is -0.172. The third-order valence-electron chi connectivity index (χ3n) is 3.90. The molecule has 1 amide bonds. The normalized spacial score (nSPS) is 10.7. The van der Waals surface area contributed by atoms with E-state index in [0.717, 1.165) is 10.8 Å². The number of amides is 1. The summed E-state index contributed by atoms with van der Waals surface area (Å²) in [4.78, 5) is 22.2. The summed E-state index contributed by atoms with van der Waals surface area (Å²) in [5.41, 5.74) is 7.20. The Bertz CT molecular complexity index is 938. The van der Waals surface area contributed by atoms with Gasteiger partial charge in [-0.3, -0.25) is 4.79 Å². The van der Waals surface area contributed by atoms with Crippen LogP contribution in [0.3, 0.4) is 0 Å². The van der Waals surface area contributed by atoms with Crippen LogP contribution in [0.5, 0.6) is 5.75 Å². The van der Waals surface area contributed by atoms with Crippen molar-refractivity contribution in [2.45, 2.75) is 13.5 Å². The second-order valence-electron chi connectivity index (χ2n) is 5.99. The topological polar surface area (TPSA) is 81.3 Å². The molecule has 1 aromatic heterocycles. The van der Waals surface area contributed by atoms with Crippen LogP contribution in [0.4, 0.5) is 5.95 Å². The van der Waals surface area contributed by atoms with Crippen LogP contribution in [-0.2, 0) is 6.61 Å². The van der Waals surface area contributed by atoms with Crippen molar-refractivity contribution < 1.29 is 9.53 Å². The molecule has 0 atom stereocenters. The van der Waals surface area contributed by atoms with Gasteiger partial charge >= 0.3 is 0 Å². The highest BCUT2D eigenvalue weighted by molar-refractivity contribution is 5.96. The Kier molecular flexibility index (Phi) is 4.52. The fourth-order valence-electron chi connectivity index (χ4n) is 2.67. The van der Waals surface area contributed by atoms with Crippen molar-refractivity contribution in [1.82, 2.24) is 14.9 Å². The molecule has 0 aliphatic heterocycles. The number of aromatic nitrogens is 2. The van der Waals surface area contributed by atoms with Crippen LogP contribution in [0.1, 0.15) is 21.7 Å². The van der Waals surface area contributed by atoms with Gasteiger partial charge in [0.15, 0.2) is 0 Å². The average molecular weight is 336 g/mol. The van der Waals surface area contributed by atoms with Gasteiger partial charge in [-0.15, -0.1) is 0 Å². The van der Waals surface area contributed by atoms with E-state index in [2.05, 4.69) is 9.97 Å². The van der Waals surface area contributed by atoms with Gasteiger partial charge in [0.25, 0.3) is 5.91 Å². The lowest BCUT2D eigenvalue weighted by molar-refractivity contribution is 0.0823. The van der Waals surface area contributed by atoms with E-state index in [4.69, 9.17) is 10.5 Å². The molecule has 6 heteroatoms. The number of carbonyl (C=O) groups is 1. The molecule has 1 heterocycles. The summed E-state index contributed by atoms with van der Waals surface area (Å²) in [7, 11) is 3.37. The number of nitrogen functional groups attached to an aromatic ring is 1. The van der Waals surface area contributed by atoms with Gasteiger partial charge in [-0.1, -0.05) is 30.3 Å². The molecule has 0 radical (unpaired) electrons. The standard InChI is InChI=1S/C19H20N4O2/c1-12-17(18(24)23(2)3)16(22-19(20)21-12)11-25-15-9-8-13-6-4-5-7-14(13)10-15/h4-10H,11H2,1-3H3,(H2,20,21,22). The van der Waals surface area contributed by atoms with E-state index >= 15 is 0 Å². The zero-order chi connectivity index (χ0) is 18.0. The van der Waals surface area contributed by atoms with Gasteiger partial charge in [-0.05, 0) is 29.8 Å². The summed E-state index contributed by atoms with van der Waals surface area (Å²) in [6.07, 6.45) is 0. The van der Waals surface area contributed by atoms with Crippen LogP contribution in [0.25, 0.3) is 10.8 Å². The first-order valence-electron chi connectivity index (χ1n) is 7.92.